The Hall–Kier alpha value is -0.880. The lowest BCUT2D eigenvalue weighted by Gasteiger charge is -2.16. The van der Waals surface area contributed by atoms with Gasteiger partial charge in [-0.25, -0.2) is 8.42 Å². The molecule has 0 bridgehead atoms. The average molecular weight is 300 g/mol. The zero-order chi connectivity index (χ0) is 14.4. The molecule has 20 heavy (non-hydrogen) atoms. The van der Waals surface area contributed by atoms with Crippen LogP contribution in [0.5, 0.6) is 0 Å². The summed E-state index contributed by atoms with van der Waals surface area (Å²) in [7, 11) is -3.02. The van der Waals surface area contributed by atoms with Crippen LogP contribution < -0.4 is 10.6 Å². The van der Waals surface area contributed by atoms with Crippen molar-refractivity contribution < 1.29 is 13.2 Å². The van der Waals surface area contributed by atoms with Crippen molar-refractivity contribution in [3.8, 4) is 0 Å². The Morgan fingerprint density at radius 2 is 1.85 bits per heavy atom. The van der Waals surface area contributed by atoms with Crippen molar-refractivity contribution >= 4 is 15.7 Å². The molecule has 114 valence electrons. The van der Waals surface area contributed by atoms with Gasteiger partial charge in [-0.1, -0.05) is 31.8 Å². The first kappa shape index (κ1) is 15.5. The van der Waals surface area contributed by atoms with E-state index in [-0.39, 0.29) is 17.7 Å². The summed E-state index contributed by atoms with van der Waals surface area (Å²) in [6.07, 6.45) is 9.18. The van der Waals surface area contributed by atoms with Crippen molar-refractivity contribution in [2.45, 2.75) is 57.0 Å². The van der Waals surface area contributed by atoms with Gasteiger partial charge in [-0.15, -0.1) is 0 Å². The van der Waals surface area contributed by atoms with Gasteiger partial charge in [0.15, 0.2) is 9.84 Å². The van der Waals surface area contributed by atoms with Crippen LogP contribution in [0, 0.1) is 0 Å². The first-order chi connectivity index (χ1) is 9.55. The summed E-state index contributed by atoms with van der Waals surface area (Å²) in [6, 6.07) is 0.183. The highest BCUT2D eigenvalue weighted by Crippen LogP contribution is 2.17. The molecule has 1 heterocycles. The van der Waals surface area contributed by atoms with Crippen LogP contribution in [0.25, 0.3) is 0 Å². The third-order valence-electron chi connectivity index (χ3n) is 3.91. The van der Waals surface area contributed by atoms with Gasteiger partial charge in [-0.3, -0.25) is 4.79 Å². The molecule has 1 aliphatic carbocycles. The molecule has 0 aromatic rings. The van der Waals surface area contributed by atoms with Gasteiger partial charge in [0, 0.05) is 30.5 Å². The highest BCUT2D eigenvalue weighted by molar-refractivity contribution is 7.94. The average Bonchev–Trinajstić information content (AvgIpc) is 2.60. The Labute approximate surface area is 121 Å². The quantitative estimate of drug-likeness (QED) is 0.746. The van der Waals surface area contributed by atoms with Crippen molar-refractivity contribution in [3.63, 3.8) is 0 Å². The molecule has 1 aliphatic heterocycles. The van der Waals surface area contributed by atoms with Gasteiger partial charge in [-0.2, -0.15) is 0 Å². The van der Waals surface area contributed by atoms with Gasteiger partial charge >= 0.3 is 0 Å². The van der Waals surface area contributed by atoms with E-state index in [9.17, 15) is 13.2 Å². The number of sulfone groups is 1. The molecular weight excluding hydrogens is 276 g/mol. The Morgan fingerprint density at radius 3 is 2.45 bits per heavy atom. The maximum Gasteiger partial charge on any atom is 0.221 e. The second-order valence-corrected chi connectivity index (χ2v) is 7.66. The molecule has 2 N–H and O–H groups in total. The standard InChI is InChI=1S/C14H24N2O3S/c17-14(16-12-5-3-1-2-4-6-12)7-9-15-13-8-10-20(18,19)11-13/h8,10,12-13,15H,1-7,9,11H2,(H,16,17). The van der Waals surface area contributed by atoms with Crippen LogP contribution in [0.3, 0.4) is 0 Å². The lowest BCUT2D eigenvalue weighted by molar-refractivity contribution is -0.121. The summed E-state index contributed by atoms with van der Waals surface area (Å²) in [6.45, 7) is 0.517. The highest BCUT2D eigenvalue weighted by atomic mass is 32.2. The maximum atomic E-state index is 11.8. The number of amides is 1. The molecule has 1 saturated carbocycles. The lowest BCUT2D eigenvalue weighted by atomic mass is 10.1. The number of hydrogen-bond acceptors (Lipinski definition) is 4. The fraction of sp³-hybridized carbons (Fsp3) is 0.786. The fourth-order valence-electron chi connectivity index (χ4n) is 2.80. The van der Waals surface area contributed by atoms with Crippen molar-refractivity contribution in [3.05, 3.63) is 11.5 Å². The Balaban J connectivity index is 1.62. The van der Waals surface area contributed by atoms with E-state index in [0.717, 1.165) is 12.8 Å². The van der Waals surface area contributed by atoms with Crippen LogP contribution in [0.2, 0.25) is 0 Å². The van der Waals surface area contributed by atoms with Crippen LogP contribution >= 0.6 is 0 Å². The normalized spacial score (nSPS) is 26.3. The summed E-state index contributed by atoms with van der Waals surface area (Å²) in [5, 5.41) is 7.42. The predicted molar refractivity (Wildman–Crippen MR) is 79.0 cm³/mol. The van der Waals surface area contributed by atoms with Crippen molar-refractivity contribution in [2.24, 2.45) is 0 Å². The number of carbonyl (C=O) groups excluding carboxylic acids is 1. The summed E-state index contributed by atoms with van der Waals surface area (Å²) in [5.74, 6) is 0.172. The van der Waals surface area contributed by atoms with E-state index < -0.39 is 9.84 Å². The minimum Gasteiger partial charge on any atom is -0.353 e. The number of nitrogens with one attached hydrogen (secondary N) is 2. The van der Waals surface area contributed by atoms with Gasteiger partial charge in [0.05, 0.1) is 5.75 Å². The Morgan fingerprint density at radius 1 is 1.15 bits per heavy atom. The van der Waals surface area contributed by atoms with Crippen molar-refractivity contribution in [1.82, 2.24) is 10.6 Å². The first-order valence-corrected chi connectivity index (χ1v) is 9.20. The van der Waals surface area contributed by atoms with E-state index in [1.54, 1.807) is 6.08 Å². The predicted octanol–water partition coefficient (Wildman–Crippen LogP) is 1.12. The van der Waals surface area contributed by atoms with E-state index in [0.29, 0.717) is 19.0 Å². The van der Waals surface area contributed by atoms with E-state index in [1.165, 1.54) is 31.1 Å². The third-order valence-corrected chi connectivity index (χ3v) is 5.30. The van der Waals surface area contributed by atoms with Crippen LogP contribution in [0.1, 0.15) is 44.9 Å². The van der Waals surface area contributed by atoms with Gasteiger partial charge in [0.25, 0.3) is 0 Å². The Kier molecular flexibility index (Phi) is 5.60. The summed E-state index contributed by atoms with van der Waals surface area (Å²) in [4.78, 5) is 11.8. The molecule has 0 spiro atoms. The summed E-state index contributed by atoms with van der Waals surface area (Å²) >= 11 is 0. The second-order valence-electron chi connectivity index (χ2n) is 5.72. The zero-order valence-corrected chi connectivity index (χ0v) is 12.6. The zero-order valence-electron chi connectivity index (χ0n) is 11.8. The molecule has 1 unspecified atom stereocenters. The van der Waals surface area contributed by atoms with Crippen LogP contribution in [-0.4, -0.2) is 38.7 Å². The molecule has 1 fully saturated rings. The Bertz CT molecular complexity index is 451. The number of carbonyl (C=O) groups is 1. The molecule has 2 rings (SSSR count). The largest absolute Gasteiger partial charge is 0.353 e. The fourth-order valence-corrected chi connectivity index (χ4v) is 4.07. The topological polar surface area (TPSA) is 75.3 Å². The minimum absolute atomic E-state index is 0.0641. The molecule has 0 radical (unpaired) electrons. The smallest absolute Gasteiger partial charge is 0.221 e. The van der Waals surface area contributed by atoms with Crippen LogP contribution in [-0.2, 0) is 14.6 Å². The molecule has 5 nitrogen and oxygen atoms in total. The van der Waals surface area contributed by atoms with E-state index in [2.05, 4.69) is 10.6 Å². The van der Waals surface area contributed by atoms with E-state index in [1.807, 2.05) is 0 Å². The number of rotatable bonds is 5. The van der Waals surface area contributed by atoms with Crippen LogP contribution in [0.15, 0.2) is 11.5 Å². The van der Waals surface area contributed by atoms with E-state index in [4.69, 9.17) is 0 Å². The maximum absolute atomic E-state index is 11.8. The van der Waals surface area contributed by atoms with Gasteiger partial charge in [-0.05, 0) is 12.8 Å². The third kappa shape index (κ3) is 5.25. The molecule has 0 saturated heterocycles. The van der Waals surface area contributed by atoms with Gasteiger partial charge in [0.2, 0.25) is 5.91 Å². The SMILES string of the molecule is O=C(CCNC1C=CS(=O)(=O)C1)NC1CCCCCC1. The molecule has 0 aromatic heterocycles. The van der Waals surface area contributed by atoms with Gasteiger partial charge in [0.1, 0.15) is 0 Å². The molecule has 1 amide bonds. The van der Waals surface area contributed by atoms with Crippen molar-refractivity contribution in [1.29, 1.82) is 0 Å². The monoisotopic (exact) mass is 300 g/mol. The van der Waals surface area contributed by atoms with Gasteiger partial charge < -0.3 is 10.6 Å². The van der Waals surface area contributed by atoms with E-state index >= 15 is 0 Å². The van der Waals surface area contributed by atoms with Crippen LogP contribution in [0.4, 0.5) is 0 Å². The summed E-state index contributed by atoms with van der Waals surface area (Å²) in [5.41, 5.74) is 0. The summed E-state index contributed by atoms with van der Waals surface area (Å²) < 4.78 is 22.5. The lowest BCUT2D eigenvalue weighted by Crippen LogP contribution is -2.38. The molecule has 0 aromatic carbocycles. The highest BCUT2D eigenvalue weighted by Gasteiger charge is 2.21. The number of hydrogen-bond donors (Lipinski definition) is 2. The molecular formula is C14H24N2O3S. The molecule has 1 atom stereocenters. The molecule has 2 aliphatic rings. The minimum atomic E-state index is -3.02. The first-order valence-electron chi connectivity index (χ1n) is 7.49. The second kappa shape index (κ2) is 7.22. The van der Waals surface area contributed by atoms with Crippen molar-refractivity contribution in [2.75, 3.05) is 12.3 Å². The molecule has 6 heteroatoms.